The Morgan fingerprint density at radius 3 is 2.53 bits per heavy atom. The average molecular weight is 263 g/mol. The lowest BCUT2D eigenvalue weighted by molar-refractivity contribution is -0.122. The summed E-state index contributed by atoms with van der Waals surface area (Å²) in [4.78, 5) is 25.1. The molecular weight excluding hydrogens is 242 g/mol. The molecule has 0 unspecified atom stereocenters. The topological polar surface area (TPSA) is 75.4 Å². The molecule has 0 saturated heterocycles. The predicted octanol–water partition coefficient (Wildman–Crippen LogP) is 1.17. The summed E-state index contributed by atoms with van der Waals surface area (Å²) in [6, 6.07) is 5.20. The number of carbonyl (C=O) groups is 2. The van der Waals surface area contributed by atoms with Crippen LogP contribution >= 0.6 is 0 Å². The minimum Gasteiger partial charge on any atom is -0.398 e. The van der Waals surface area contributed by atoms with Crippen LogP contribution in [0.25, 0.3) is 0 Å². The molecular formula is C14H21N3O2. The number of nitrogens with one attached hydrogen (secondary N) is 1. The van der Waals surface area contributed by atoms with Crippen molar-refractivity contribution in [3.63, 3.8) is 0 Å². The number of nitrogens with zero attached hydrogens (tertiary/aromatic N) is 1. The lowest BCUT2D eigenvalue weighted by Crippen LogP contribution is -2.40. The fourth-order valence-corrected chi connectivity index (χ4v) is 1.65. The maximum Gasteiger partial charge on any atom is 0.254 e. The summed E-state index contributed by atoms with van der Waals surface area (Å²) in [6.45, 7) is 5.66. The number of nitrogens with two attached hydrogens (primary N) is 1. The van der Waals surface area contributed by atoms with E-state index in [2.05, 4.69) is 5.32 Å². The number of aryl methyl sites for hydroxylation is 1. The van der Waals surface area contributed by atoms with Gasteiger partial charge in [0.1, 0.15) is 0 Å². The summed E-state index contributed by atoms with van der Waals surface area (Å²) in [5.74, 6) is -0.392. The van der Waals surface area contributed by atoms with Crippen molar-refractivity contribution in [1.82, 2.24) is 10.2 Å². The number of benzene rings is 1. The zero-order valence-corrected chi connectivity index (χ0v) is 11.9. The van der Waals surface area contributed by atoms with E-state index in [0.29, 0.717) is 11.3 Å². The Kier molecular flexibility index (Phi) is 4.92. The third-order valence-corrected chi connectivity index (χ3v) is 2.70. The second kappa shape index (κ2) is 6.22. The molecule has 0 aliphatic heterocycles. The van der Waals surface area contributed by atoms with Crippen LogP contribution in [0.4, 0.5) is 5.69 Å². The van der Waals surface area contributed by atoms with E-state index in [1.807, 2.05) is 20.8 Å². The standard InChI is InChI=1S/C14H21N3O2/c1-9(2)16-13(18)8-17(4)14(19)11-6-5-10(3)12(15)7-11/h5-7,9H,8,15H2,1-4H3,(H,16,18). The molecule has 0 aliphatic rings. The van der Waals surface area contributed by atoms with Gasteiger partial charge in [-0.05, 0) is 38.5 Å². The average Bonchev–Trinajstić information content (AvgIpc) is 2.30. The zero-order chi connectivity index (χ0) is 14.6. The normalized spacial score (nSPS) is 10.4. The molecule has 0 spiro atoms. The zero-order valence-electron chi connectivity index (χ0n) is 11.9. The quantitative estimate of drug-likeness (QED) is 0.801. The van der Waals surface area contributed by atoms with Crippen LogP contribution in [-0.4, -0.2) is 36.3 Å². The minimum absolute atomic E-state index is 0.0325. The number of nitrogen functional groups attached to an aromatic ring is 1. The van der Waals surface area contributed by atoms with Gasteiger partial charge in [-0.1, -0.05) is 6.07 Å². The van der Waals surface area contributed by atoms with E-state index >= 15 is 0 Å². The van der Waals surface area contributed by atoms with Crippen molar-refractivity contribution in [3.05, 3.63) is 29.3 Å². The first kappa shape index (κ1) is 15.0. The van der Waals surface area contributed by atoms with E-state index in [-0.39, 0.29) is 24.4 Å². The lowest BCUT2D eigenvalue weighted by atomic mass is 10.1. The highest BCUT2D eigenvalue weighted by Gasteiger charge is 2.15. The van der Waals surface area contributed by atoms with Gasteiger partial charge in [-0.15, -0.1) is 0 Å². The third kappa shape index (κ3) is 4.28. The SMILES string of the molecule is Cc1ccc(C(=O)N(C)CC(=O)NC(C)C)cc1N. The Balaban J connectivity index is 2.71. The van der Waals surface area contributed by atoms with Gasteiger partial charge in [0.25, 0.3) is 5.91 Å². The molecule has 2 amide bonds. The summed E-state index contributed by atoms with van der Waals surface area (Å²) in [5.41, 5.74) is 7.77. The molecule has 0 heterocycles. The van der Waals surface area contributed by atoms with E-state index in [4.69, 9.17) is 5.73 Å². The van der Waals surface area contributed by atoms with E-state index in [1.165, 1.54) is 4.90 Å². The van der Waals surface area contributed by atoms with Crippen LogP contribution in [0.5, 0.6) is 0 Å². The molecule has 0 radical (unpaired) electrons. The van der Waals surface area contributed by atoms with Crippen molar-refractivity contribution < 1.29 is 9.59 Å². The van der Waals surface area contributed by atoms with Crippen molar-refractivity contribution in [1.29, 1.82) is 0 Å². The molecule has 0 saturated carbocycles. The van der Waals surface area contributed by atoms with Gasteiger partial charge in [0.15, 0.2) is 0 Å². The number of carbonyl (C=O) groups excluding carboxylic acids is 2. The van der Waals surface area contributed by atoms with Crippen molar-refractivity contribution >= 4 is 17.5 Å². The molecule has 1 rings (SSSR count). The van der Waals surface area contributed by atoms with Crippen LogP contribution in [0.2, 0.25) is 0 Å². The Bertz CT molecular complexity index is 484. The number of hydrogen-bond donors (Lipinski definition) is 2. The highest BCUT2D eigenvalue weighted by Crippen LogP contribution is 2.14. The first-order chi connectivity index (χ1) is 8.81. The number of anilines is 1. The Hall–Kier alpha value is -2.04. The van der Waals surface area contributed by atoms with Gasteiger partial charge in [-0.2, -0.15) is 0 Å². The summed E-state index contributed by atoms with van der Waals surface area (Å²) in [7, 11) is 1.60. The maximum absolute atomic E-state index is 12.1. The van der Waals surface area contributed by atoms with Gasteiger partial charge in [-0.3, -0.25) is 9.59 Å². The summed E-state index contributed by atoms with van der Waals surface area (Å²) >= 11 is 0. The van der Waals surface area contributed by atoms with Crippen LogP contribution in [0.15, 0.2) is 18.2 Å². The largest absolute Gasteiger partial charge is 0.398 e. The highest BCUT2D eigenvalue weighted by atomic mass is 16.2. The van der Waals surface area contributed by atoms with Crippen LogP contribution < -0.4 is 11.1 Å². The Morgan fingerprint density at radius 1 is 1.37 bits per heavy atom. The molecule has 0 fully saturated rings. The van der Waals surface area contributed by atoms with Crippen LogP contribution in [0.3, 0.4) is 0 Å². The van der Waals surface area contributed by atoms with Crippen LogP contribution in [0.1, 0.15) is 29.8 Å². The molecule has 3 N–H and O–H groups in total. The lowest BCUT2D eigenvalue weighted by Gasteiger charge is -2.18. The maximum atomic E-state index is 12.1. The van der Waals surface area contributed by atoms with Crippen LogP contribution in [0, 0.1) is 6.92 Å². The summed E-state index contributed by atoms with van der Waals surface area (Å²) < 4.78 is 0. The van der Waals surface area contributed by atoms with E-state index in [1.54, 1.807) is 25.2 Å². The number of rotatable bonds is 4. The summed E-state index contributed by atoms with van der Waals surface area (Å²) in [6.07, 6.45) is 0. The van der Waals surface area contributed by atoms with Gasteiger partial charge in [0, 0.05) is 24.3 Å². The smallest absolute Gasteiger partial charge is 0.254 e. The van der Waals surface area contributed by atoms with E-state index in [9.17, 15) is 9.59 Å². The minimum atomic E-state index is -0.217. The van der Waals surface area contributed by atoms with Crippen molar-refractivity contribution in [3.8, 4) is 0 Å². The molecule has 0 atom stereocenters. The van der Waals surface area contributed by atoms with E-state index < -0.39 is 0 Å². The van der Waals surface area contributed by atoms with Gasteiger partial charge < -0.3 is 16.0 Å². The molecule has 0 bridgehead atoms. The molecule has 19 heavy (non-hydrogen) atoms. The number of hydrogen-bond acceptors (Lipinski definition) is 3. The monoisotopic (exact) mass is 263 g/mol. The van der Waals surface area contributed by atoms with Gasteiger partial charge >= 0.3 is 0 Å². The molecule has 0 aromatic heterocycles. The van der Waals surface area contributed by atoms with Gasteiger partial charge in [0.05, 0.1) is 6.54 Å². The second-order valence-electron chi connectivity index (χ2n) is 4.95. The number of amides is 2. The van der Waals surface area contributed by atoms with Gasteiger partial charge in [0.2, 0.25) is 5.91 Å². The molecule has 104 valence electrons. The van der Waals surface area contributed by atoms with Crippen molar-refractivity contribution in [2.24, 2.45) is 0 Å². The third-order valence-electron chi connectivity index (χ3n) is 2.70. The number of likely N-dealkylation sites (N-methyl/N-ethyl adjacent to an activating group) is 1. The van der Waals surface area contributed by atoms with Crippen molar-refractivity contribution in [2.45, 2.75) is 26.8 Å². The molecule has 1 aromatic rings. The molecule has 5 nitrogen and oxygen atoms in total. The Morgan fingerprint density at radius 2 is 2.00 bits per heavy atom. The molecule has 0 aliphatic carbocycles. The summed E-state index contributed by atoms with van der Waals surface area (Å²) in [5, 5.41) is 2.74. The van der Waals surface area contributed by atoms with Crippen molar-refractivity contribution in [2.75, 3.05) is 19.3 Å². The van der Waals surface area contributed by atoms with Crippen LogP contribution in [-0.2, 0) is 4.79 Å². The second-order valence-corrected chi connectivity index (χ2v) is 4.95. The Labute approximate surface area is 113 Å². The molecule has 1 aromatic carbocycles. The predicted molar refractivity (Wildman–Crippen MR) is 75.8 cm³/mol. The van der Waals surface area contributed by atoms with E-state index in [0.717, 1.165) is 5.56 Å². The first-order valence-corrected chi connectivity index (χ1v) is 6.22. The highest BCUT2D eigenvalue weighted by molar-refractivity contribution is 5.97. The van der Waals surface area contributed by atoms with Gasteiger partial charge in [-0.25, -0.2) is 0 Å². The fraction of sp³-hybridized carbons (Fsp3) is 0.429. The molecule has 5 heteroatoms. The first-order valence-electron chi connectivity index (χ1n) is 6.22. The fourth-order valence-electron chi connectivity index (χ4n) is 1.65.